The largest absolute Gasteiger partial charge is 0.377 e. The van der Waals surface area contributed by atoms with Gasteiger partial charge in [-0.3, -0.25) is 0 Å². The van der Waals surface area contributed by atoms with Crippen molar-refractivity contribution < 1.29 is 9.26 Å². The van der Waals surface area contributed by atoms with E-state index in [9.17, 15) is 0 Å². The summed E-state index contributed by atoms with van der Waals surface area (Å²) < 4.78 is 11.2. The molecule has 0 aromatic carbocycles. The van der Waals surface area contributed by atoms with Gasteiger partial charge in [0, 0.05) is 18.9 Å². The van der Waals surface area contributed by atoms with Crippen molar-refractivity contribution >= 4 is 28.2 Å². The van der Waals surface area contributed by atoms with Gasteiger partial charge < -0.3 is 15.0 Å². The van der Waals surface area contributed by atoms with Gasteiger partial charge in [-0.05, 0) is 6.92 Å². The average Bonchev–Trinajstić information content (AvgIpc) is 2.83. The van der Waals surface area contributed by atoms with Crippen molar-refractivity contribution in [2.75, 3.05) is 12.8 Å². The molecule has 0 aliphatic carbocycles. The Kier molecular flexibility index (Phi) is 4.03. The topological polar surface area (TPSA) is 74.2 Å². The van der Waals surface area contributed by atoms with Crippen molar-refractivity contribution in [3.8, 4) is 0 Å². The predicted molar refractivity (Wildman–Crippen MR) is 68.0 cm³/mol. The lowest BCUT2D eigenvalue weighted by molar-refractivity contribution is 0.156. The summed E-state index contributed by atoms with van der Waals surface area (Å²) in [5, 5.41) is 4.57. The number of thiazole rings is 1. The molecule has 0 amide bonds. The van der Waals surface area contributed by atoms with Gasteiger partial charge in [0.1, 0.15) is 6.61 Å². The van der Waals surface area contributed by atoms with E-state index in [1.165, 1.54) is 11.3 Å². The highest BCUT2D eigenvalue weighted by atomic mass is 32.2. The molecule has 0 spiro atoms. The molecule has 0 saturated heterocycles. The number of rotatable bonds is 5. The lowest BCUT2D eigenvalue weighted by Gasteiger charge is -1.94. The standard InChI is InChI=1S/C10H13N3O2S2/c1-6-9(17-10(11)12-6)16-5-7-3-8(4-14-2)15-13-7/h3H,4-5H2,1-2H3,(H2,11,12). The molecular weight excluding hydrogens is 258 g/mol. The van der Waals surface area contributed by atoms with Crippen LogP contribution in [0.5, 0.6) is 0 Å². The number of methoxy groups -OCH3 is 1. The van der Waals surface area contributed by atoms with E-state index in [-0.39, 0.29) is 0 Å². The zero-order valence-corrected chi connectivity index (χ0v) is 11.2. The Morgan fingerprint density at radius 2 is 2.41 bits per heavy atom. The van der Waals surface area contributed by atoms with E-state index in [2.05, 4.69) is 10.1 Å². The zero-order valence-electron chi connectivity index (χ0n) is 9.60. The second kappa shape index (κ2) is 5.52. The van der Waals surface area contributed by atoms with Crippen LogP contribution in [0.1, 0.15) is 17.1 Å². The smallest absolute Gasteiger partial charge is 0.181 e. The molecule has 5 nitrogen and oxygen atoms in total. The lowest BCUT2D eigenvalue weighted by atomic mass is 10.4. The summed E-state index contributed by atoms with van der Waals surface area (Å²) in [5.74, 6) is 1.49. The van der Waals surface area contributed by atoms with Gasteiger partial charge in [-0.2, -0.15) is 0 Å². The molecule has 2 N–H and O–H groups in total. The molecule has 0 atom stereocenters. The quantitative estimate of drug-likeness (QED) is 0.842. The van der Waals surface area contributed by atoms with Gasteiger partial charge in [0.15, 0.2) is 10.9 Å². The highest BCUT2D eigenvalue weighted by Crippen LogP contribution is 2.32. The second-order valence-corrected chi connectivity index (χ2v) is 5.71. The summed E-state index contributed by atoms with van der Waals surface area (Å²) in [4.78, 5) is 4.17. The minimum Gasteiger partial charge on any atom is -0.377 e. The number of hydrogen-bond donors (Lipinski definition) is 1. The van der Waals surface area contributed by atoms with Crippen LogP contribution in [0, 0.1) is 6.92 Å². The lowest BCUT2D eigenvalue weighted by Crippen LogP contribution is -1.82. The SMILES string of the molecule is COCc1cc(CSc2sc(N)nc2C)no1. The first kappa shape index (κ1) is 12.4. The monoisotopic (exact) mass is 271 g/mol. The van der Waals surface area contributed by atoms with Gasteiger partial charge in [0.25, 0.3) is 0 Å². The fraction of sp³-hybridized carbons (Fsp3) is 0.400. The Labute approximate surface area is 107 Å². The van der Waals surface area contributed by atoms with Crippen LogP contribution in [-0.4, -0.2) is 17.3 Å². The molecule has 0 saturated carbocycles. The van der Waals surface area contributed by atoms with Crippen molar-refractivity contribution in [1.29, 1.82) is 0 Å². The molecule has 0 radical (unpaired) electrons. The molecule has 0 bridgehead atoms. The third-order valence-corrected chi connectivity index (χ3v) is 4.40. The van der Waals surface area contributed by atoms with E-state index in [0.717, 1.165) is 27.1 Å². The molecule has 0 aliphatic rings. The molecule has 0 fully saturated rings. The maximum absolute atomic E-state index is 5.64. The van der Waals surface area contributed by atoms with E-state index < -0.39 is 0 Å². The molecule has 2 aromatic rings. The van der Waals surface area contributed by atoms with Gasteiger partial charge in [0.05, 0.1) is 15.6 Å². The Bertz CT molecular complexity index is 495. The number of aromatic nitrogens is 2. The van der Waals surface area contributed by atoms with Crippen LogP contribution in [0.2, 0.25) is 0 Å². The van der Waals surface area contributed by atoms with Crippen LogP contribution in [-0.2, 0) is 17.1 Å². The molecule has 7 heteroatoms. The first-order valence-electron chi connectivity index (χ1n) is 4.98. The zero-order chi connectivity index (χ0) is 12.3. The van der Waals surface area contributed by atoms with Crippen molar-refractivity contribution in [1.82, 2.24) is 10.1 Å². The average molecular weight is 271 g/mol. The van der Waals surface area contributed by atoms with Crippen molar-refractivity contribution in [3.63, 3.8) is 0 Å². The van der Waals surface area contributed by atoms with Gasteiger partial charge in [0.2, 0.25) is 0 Å². The van der Waals surface area contributed by atoms with Crippen molar-refractivity contribution in [3.05, 3.63) is 23.2 Å². The summed E-state index contributed by atoms with van der Waals surface area (Å²) >= 11 is 3.16. The van der Waals surface area contributed by atoms with E-state index in [1.807, 2.05) is 13.0 Å². The molecule has 0 aliphatic heterocycles. The first-order valence-corrected chi connectivity index (χ1v) is 6.78. The number of nitrogens with zero attached hydrogens (tertiary/aromatic N) is 2. The van der Waals surface area contributed by atoms with Crippen molar-refractivity contribution in [2.24, 2.45) is 0 Å². The Balaban J connectivity index is 1.95. The fourth-order valence-corrected chi connectivity index (χ4v) is 3.21. The van der Waals surface area contributed by atoms with E-state index >= 15 is 0 Å². The molecule has 2 heterocycles. The van der Waals surface area contributed by atoms with Crippen LogP contribution >= 0.6 is 23.1 Å². The van der Waals surface area contributed by atoms with Crippen LogP contribution in [0.3, 0.4) is 0 Å². The van der Waals surface area contributed by atoms with Gasteiger partial charge in [-0.1, -0.05) is 16.5 Å². The minimum atomic E-state index is 0.449. The Hall–Kier alpha value is -1.05. The Morgan fingerprint density at radius 1 is 1.59 bits per heavy atom. The highest BCUT2D eigenvalue weighted by Gasteiger charge is 2.09. The maximum atomic E-state index is 5.64. The van der Waals surface area contributed by atoms with Crippen LogP contribution in [0.15, 0.2) is 14.8 Å². The van der Waals surface area contributed by atoms with Crippen molar-refractivity contribution in [2.45, 2.75) is 23.5 Å². The van der Waals surface area contributed by atoms with Gasteiger partial charge in [-0.15, -0.1) is 11.8 Å². The van der Waals surface area contributed by atoms with Gasteiger partial charge in [-0.25, -0.2) is 4.98 Å². The summed E-state index contributed by atoms with van der Waals surface area (Å²) in [5.41, 5.74) is 7.50. The van der Waals surface area contributed by atoms with E-state index in [0.29, 0.717) is 11.7 Å². The van der Waals surface area contributed by atoms with Gasteiger partial charge >= 0.3 is 0 Å². The molecular formula is C10H13N3O2S2. The minimum absolute atomic E-state index is 0.449. The number of ether oxygens (including phenoxy) is 1. The van der Waals surface area contributed by atoms with Crippen LogP contribution in [0.25, 0.3) is 0 Å². The second-order valence-electron chi connectivity index (χ2n) is 3.43. The normalized spacial score (nSPS) is 10.9. The molecule has 0 unspecified atom stereocenters. The summed E-state index contributed by atoms with van der Waals surface area (Å²) in [6.45, 7) is 2.40. The fourth-order valence-electron chi connectivity index (χ4n) is 1.31. The number of thioether (sulfide) groups is 1. The first-order chi connectivity index (χ1) is 8.19. The van der Waals surface area contributed by atoms with Crippen LogP contribution < -0.4 is 5.73 Å². The third-order valence-electron chi connectivity index (χ3n) is 2.02. The predicted octanol–water partition coefficient (Wildman–Crippen LogP) is 2.46. The molecule has 17 heavy (non-hydrogen) atoms. The number of nitrogen functional groups attached to an aromatic ring is 1. The molecule has 2 rings (SSSR count). The number of hydrogen-bond acceptors (Lipinski definition) is 7. The third kappa shape index (κ3) is 3.21. The number of anilines is 1. The van der Waals surface area contributed by atoms with E-state index in [1.54, 1.807) is 18.9 Å². The van der Waals surface area contributed by atoms with Crippen LogP contribution in [0.4, 0.5) is 5.13 Å². The molecule has 92 valence electrons. The Morgan fingerprint density at radius 3 is 3.06 bits per heavy atom. The molecule has 2 aromatic heterocycles. The summed E-state index contributed by atoms with van der Waals surface area (Å²) in [7, 11) is 1.63. The maximum Gasteiger partial charge on any atom is 0.181 e. The number of nitrogens with two attached hydrogens (primary N) is 1. The summed E-state index contributed by atoms with van der Waals surface area (Å²) in [6.07, 6.45) is 0. The highest BCUT2D eigenvalue weighted by molar-refractivity contribution is 8.00. The van der Waals surface area contributed by atoms with E-state index in [4.69, 9.17) is 15.0 Å². The number of aryl methyl sites for hydroxylation is 1. The summed E-state index contributed by atoms with van der Waals surface area (Å²) in [6, 6.07) is 1.90.